The van der Waals surface area contributed by atoms with Gasteiger partial charge in [0.15, 0.2) is 0 Å². The molecule has 2 aliphatic rings. The predicted molar refractivity (Wildman–Crippen MR) is 64.8 cm³/mol. The molecule has 0 aliphatic carbocycles. The highest BCUT2D eigenvalue weighted by Crippen LogP contribution is 2.43. The van der Waals surface area contributed by atoms with Gasteiger partial charge in [0.05, 0.1) is 12.5 Å². The van der Waals surface area contributed by atoms with Crippen LogP contribution < -0.4 is 9.47 Å². The van der Waals surface area contributed by atoms with Gasteiger partial charge < -0.3 is 14.6 Å². The Hall–Kier alpha value is -1.62. The van der Waals surface area contributed by atoms with Crippen molar-refractivity contribution in [2.75, 3.05) is 0 Å². The molecular formula is C14H15FO4. The summed E-state index contributed by atoms with van der Waals surface area (Å²) in [6, 6.07) is 1.25. The molecule has 0 saturated carbocycles. The molecule has 0 radical (unpaired) electrons. The number of rotatable bonds is 2. The molecule has 0 fully saturated rings. The summed E-state index contributed by atoms with van der Waals surface area (Å²) in [5.74, 6) is -0.515. The van der Waals surface area contributed by atoms with E-state index in [2.05, 4.69) is 0 Å². The van der Waals surface area contributed by atoms with Gasteiger partial charge in [0, 0.05) is 31.4 Å². The normalized spacial score (nSPS) is 26.9. The van der Waals surface area contributed by atoms with Gasteiger partial charge in [-0.2, -0.15) is 0 Å². The highest BCUT2D eigenvalue weighted by atomic mass is 19.1. The Bertz CT molecular complexity index is 573. The maximum atomic E-state index is 14.0. The largest absolute Gasteiger partial charge is 0.489 e. The van der Waals surface area contributed by atoms with Crippen molar-refractivity contribution in [3.8, 4) is 11.5 Å². The van der Waals surface area contributed by atoms with Crippen LogP contribution in [-0.4, -0.2) is 23.3 Å². The summed E-state index contributed by atoms with van der Waals surface area (Å²) >= 11 is 0. The van der Waals surface area contributed by atoms with Crippen molar-refractivity contribution >= 4 is 5.97 Å². The number of carbonyl (C=O) groups is 1. The number of carbonyl (C=O) groups excluding carboxylic acids is 1. The highest BCUT2D eigenvalue weighted by Gasteiger charge is 2.33. The Morgan fingerprint density at radius 2 is 2.37 bits per heavy atom. The van der Waals surface area contributed by atoms with Crippen LogP contribution in [0.15, 0.2) is 6.07 Å². The summed E-state index contributed by atoms with van der Waals surface area (Å²) in [6.07, 6.45) is -1.28. The molecule has 0 bridgehead atoms. The van der Waals surface area contributed by atoms with E-state index in [1.807, 2.05) is 0 Å². The fourth-order valence-electron chi connectivity index (χ4n) is 2.50. The molecule has 19 heavy (non-hydrogen) atoms. The maximum absolute atomic E-state index is 14.0. The summed E-state index contributed by atoms with van der Waals surface area (Å²) in [6.45, 7) is 1.61. The Morgan fingerprint density at radius 3 is 3.11 bits per heavy atom. The van der Waals surface area contributed by atoms with Gasteiger partial charge in [-0.05, 0) is 13.3 Å². The van der Waals surface area contributed by atoms with Gasteiger partial charge in [-0.25, -0.2) is 4.39 Å². The van der Waals surface area contributed by atoms with E-state index < -0.39 is 30.4 Å². The third-order valence-electron chi connectivity index (χ3n) is 3.33. The summed E-state index contributed by atoms with van der Waals surface area (Å²) in [4.78, 5) is 11.4. The van der Waals surface area contributed by atoms with Gasteiger partial charge in [-0.15, -0.1) is 0 Å². The number of esters is 1. The first-order valence-corrected chi connectivity index (χ1v) is 6.30. The lowest BCUT2D eigenvalue weighted by atomic mass is 9.98. The van der Waals surface area contributed by atoms with Crippen LogP contribution in [0.4, 0.5) is 4.39 Å². The molecule has 2 heterocycles. The van der Waals surface area contributed by atoms with E-state index in [9.17, 15) is 14.3 Å². The number of benzene rings is 1. The molecule has 1 N–H and O–H groups in total. The number of aliphatic hydroxyl groups excluding tert-OH is 1. The number of halogens is 1. The second kappa shape index (κ2) is 4.49. The number of fused-ring (bicyclic) bond motifs is 3. The summed E-state index contributed by atoms with van der Waals surface area (Å²) in [5.41, 5.74) is 0.752. The lowest BCUT2D eigenvalue weighted by molar-refractivity contribution is -0.135. The molecule has 3 atom stereocenters. The molecule has 0 aromatic heterocycles. The van der Waals surface area contributed by atoms with E-state index in [-0.39, 0.29) is 30.8 Å². The Labute approximate surface area is 111 Å². The zero-order chi connectivity index (χ0) is 14.4. The van der Waals surface area contributed by atoms with Crippen LogP contribution in [0.25, 0.3) is 0 Å². The molecule has 3 rings (SSSR count). The molecule has 2 aliphatic heterocycles. The minimum Gasteiger partial charge on any atom is -0.489 e. The second-order valence-corrected chi connectivity index (χ2v) is 4.96. The number of hydrogen-bond donors (Lipinski definition) is 1. The van der Waals surface area contributed by atoms with E-state index in [0.717, 1.165) is 0 Å². The fourth-order valence-corrected chi connectivity index (χ4v) is 2.50. The second-order valence-electron chi connectivity index (χ2n) is 4.96. The zero-order valence-electron chi connectivity index (χ0n) is 11.5. The average Bonchev–Trinajstić information content (AvgIpc) is 2.65. The van der Waals surface area contributed by atoms with Crippen LogP contribution >= 0.6 is 0 Å². The van der Waals surface area contributed by atoms with Crippen LogP contribution in [-0.2, 0) is 17.6 Å². The molecule has 0 spiro atoms. The van der Waals surface area contributed by atoms with Crippen LogP contribution in [0, 0.1) is 5.82 Å². The van der Waals surface area contributed by atoms with Crippen LogP contribution in [0.1, 0.15) is 32.3 Å². The molecular weight excluding hydrogens is 251 g/mol. The quantitative estimate of drug-likeness (QED) is 0.655. The first kappa shape index (κ1) is 11.2. The minimum atomic E-state index is -0.792. The molecule has 1 aromatic carbocycles. The Kier molecular flexibility index (Phi) is 2.65. The van der Waals surface area contributed by atoms with Crippen molar-refractivity contribution < 1.29 is 25.1 Å². The van der Waals surface area contributed by atoms with Crippen molar-refractivity contribution in [3.63, 3.8) is 0 Å². The van der Waals surface area contributed by atoms with Crippen LogP contribution in [0.2, 0.25) is 0 Å². The first-order chi connectivity index (χ1) is 9.47. The molecule has 4 nitrogen and oxygen atoms in total. The SMILES string of the molecule is [2H][C@H]1c2c(cc(F)c3c2OC(=O)CC3)O[C@@H]1CC(C)O. The van der Waals surface area contributed by atoms with E-state index in [0.29, 0.717) is 11.1 Å². The van der Waals surface area contributed by atoms with E-state index in [4.69, 9.17) is 10.8 Å². The van der Waals surface area contributed by atoms with Crippen LogP contribution in [0.5, 0.6) is 11.5 Å². The van der Waals surface area contributed by atoms with Crippen molar-refractivity contribution in [3.05, 3.63) is 23.0 Å². The van der Waals surface area contributed by atoms with Gasteiger partial charge in [0.2, 0.25) is 0 Å². The van der Waals surface area contributed by atoms with Gasteiger partial charge in [0.25, 0.3) is 0 Å². The summed E-state index contributed by atoms with van der Waals surface area (Å²) in [7, 11) is 0. The Balaban J connectivity index is 2.04. The molecule has 0 amide bonds. The first-order valence-electron chi connectivity index (χ1n) is 6.88. The van der Waals surface area contributed by atoms with Gasteiger partial charge >= 0.3 is 5.97 Å². The molecule has 0 saturated heterocycles. The molecule has 1 aromatic rings. The molecule has 1 unspecified atom stereocenters. The van der Waals surface area contributed by atoms with Gasteiger partial charge in [0.1, 0.15) is 23.4 Å². The lowest BCUT2D eigenvalue weighted by Gasteiger charge is -2.18. The monoisotopic (exact) mass is 267 g/mol. The van der Waals surface area contributed by atoms with Crippen molar-refractivity contribution in [1.29, 1.82) is 0 Å². The smallest absolute Gasteiger partial charge is 0.311 e. The van der Waals surface area contributed by atoms with Crippen LogP contribution in [0.3, 0.4) is 0 Å². The van der Waals surface area contributed by atoms with E-state index in [1.165, 1.54) is 6.07 Å². The molecule has 5 heteroatoms. The fraction of sp³-hybridized carbons (Fsp3) is 0.500. The van der Waals surface area contributed by atoms with Crippen molar-refractivity contribution in [2.24, 2.45) is 0 Å². The maximum Gasteiger partial charge on any atom is 0.311 e. The third-order valence-corrected chi connectivity index (χ3v) is 3.33. The standard InChI is InChI=1S/C14H15FO4/c1-7(16)4-8-5-10-12(18-8)6-11(15)9-2-3-13(17)19-14(9)10/h6-8,16H,2-5H2,1H3/t7?,8-/m1/s1/i5D/t5-,7?,8-. The van der Waals surface area contributed by atoms with E-state index in [1.54, 1.807) is 6.92 Å². The predicted octanol–water partition coefficient (Wildman–Crippen LogP) is 1.75. The number of aliphatic hydroxyl groups is 1. The molecule has 102 valence electrons. The van der Waals surface area contributed by atoms with Gasteiger partial charge in [-0.3, -0.25) is 4.79 Å². The van der Waals surface area contributed by atoms with Crippen molar-refractivity contribution in [2.45, 2.75) is 44.8 Å². The number of hydrogen-bond acceptors (Lipinski definition) is 4. The lowest BCUT2D eigenvalue weighted by Crippen LogP contribution is -2.20. The number of ether oxygens (including phenoxy) is 2. The zero-order valence-corrected chi connectivity index (χ0v) is 10.5. The Morgan fingerprint density at radius 1 is 1.58 bits per heavy atom. The van der Waals surface area contributed by atoms with Gasteiger partial charge in [-0.1, -0.05) is 0 Å². The highest BCUT2D eigenvalue weighted by molar-refractivity contribution is 5.77. The minimum absolute atomic E-state index is 0.142. The summed E-state index contributed by atoms with van der Waals surface area (Å²) < 4.78 is 32.9. The van der Waals surface area contributed by atoms with E-state index >= 15 is 0 Å². The third kappa shape index (κ3) is 2.18. The average molecular weight is 267 g/mol. The van der Waals surface area contributed by atoms with Crippen molar-refractivity contribution in [1.82, 2.24) is 0 Å². The topological polar surface area (TPSA) is 55.8 Å². The summed E-state index contributed by atoms with van der Waals surface area (Å²) in [5, 5.41) is 9.42.